The molecule has 0 aliphatic carbocycles. The summed E-state index contributed by atoms with van der Waals surface area (Å²) in [5, 5.41) is 0. The Bertz CT molecular complexity index is 278. The van der Waals surface area contributed by atoms with Gasteiger partial charge in [0.1, 0.15) is 0 Å². The normalized spacial score (nSPS) is 10.0. The third kappa shape index (κ3) is 1.39. The molecule has 4 heteroatoms. The second-order valence-corrected chi connectivity index (χ2v) is 2.23. The van der Waals surface area contributed by atoms with Crippen LogP contribution in [0.3, 0.4) is 0 Å². The molecule has 0 saturated heterocycles. The van der Waals surface area contributed by atoms with Crippen molar-refractivity contribution in [3.05, 3.63) is 17.3 Å². The molecule has 0 aromatic carbocycles. The van der Waals surface area contributed by atoms with E-state index in [2.05, 4.69) is 4.98 Å². The molecule has 1 amide bonds. The maximum absolute atomic E-state index is 10.7. The summed E-state index contributed by atoms with van der Waals surface area (Å²) in [5.74, 6) is 0.114. The molecule has 0 spiro atoms. The van der Waals surface area contributed by atoms with Gasteiger partial charge in [-0.05, 0) is 6.42 Å². The van der Waals surface area contributed by atoms with Crippen LogP contribution in [0.5, 0.6) is 0 Å². The van der Waals surface area contributed by atoms with Crippen molar-refractivity contribution >= 4 is 5.91 Å². The van der Waals surface area contributed by atoms with Gasteiger partial charge in [0.15, 0.2) is 5.89 Å². The van der Waals surface area contributed by atoms with Gasteiger partial charge in [0.05, 0.1) is 5.69 Å². The first-order chi connectivity index (χ1) is 5.15. The maximum Gasteiger partial charge on any atom is 0.286 e. The largest absolute Gasteiger partial charge is 0.436 e. The van der Waals surface area contributed by atoms with Crippen LogP contribution in [0.1, 0.15) is 29.1 Å². The Kier molecular flexibility index (Phi) is 1.94. The monoisotopic (exact) mass is 154 g/mol. The molecule has 2 N–H and O–H groups in total. The highest BCUT2D eigenvalue weighted by atomic mass is 16.4. The molecule has 0 bridgehead atoms. The van der Waals surface area contributed by atoms with Gasteiger partial charge in [0.2, 0.25) is 5.76 Å². The van der Waals surface area contributed by atoms with Crippen molar-refractivity contribution in [3.63, 3.8) is 0 Å². The molecule has 0 radical (unpaired) electrons. The first-order valence-corrected chi connectivity index (χ1v) is 3.41. The Hall–Kier alpha value is -1.32. The number of rotatable bonds is 2. The molecule has 0 saturated carbocycles. The van der Waals surface area contributed by atoms with E-state index in [1.807, 2.05) is 6.92 Å². The van der Waals surface area contributed by atoms with E-state index < -0.39 is 5.91 Å². The van der Waals surface area contributed by atoms with Crippen LogP contribution < -0.4 is 5.73 Å². The molecule has 11 heavy (non-hydrogen) atoms. The smallest absolute Gasteiger partial charge is 0.286 e. The summed E-state index contributed by atoms with van der Waals surface area (Å²) in [6.07, 6.45) is 0.662. The van der Waals surface area contributed by atoms with Crippen LogP contribution in [0.25, 0.3) is 0 Å². The number of oxazole rings is 1. The summed E-state index contributed by atoms with van der Waals surface area (Å²) in [7, 11) is 0. The number of primary amides is 1. The topological polar surface area (TPSA) is 69.1 Å². The van der Waals surface area contributed by atoms with Gasteiger partial charge in [0, 0.05) is 6.92 Å². The van der Waals surface area contributed by atoms with Crippen LogP contribution in [0, 0.1) is 6.92 Å². The van der Waals surface area contributed by atoms with Crippen molar-refractivity contribution in [2.45, 2.75) is 20.3 Å². The third-order valence-corrected chi connectivity index (χ3v) is 1.36. The molecule has 1 aromatic rings. The Morgan fingerprint density at radius 1 is 1.73 bits per heavy atom. The molecule has 0 aliphatic heterocycles. The summed E-state index contributed by atoms with van der Waals surface area (Å²) in [4.78, 5) is 14.7. The van der Waals surface area contributed by atoms with Gasteiger partial charge in [-0.3, -0.25) is 4.79 Å². The predicted octanol–water partition coefficient (Wildman–Crippen LogP) is 0.644. The SMILES string of the molecule is CCc1nc(C)oc1C(N)=O. The predicted molar refractivity (Wildman–Crippen MR) is 39.1 cm³/mol. The van der Waals surface area contributed by atoms with Crippen LogP contribution in [-0.2, 0) is 6.42 Å². The Morgan fingerprint density at radius 3 is 2.73 bits per heavy atom. The molecular weight excluding hydrogens is 144 g/mol. The fraction of sp³-hybridized carbons (Fsp3) is 0.429. The van der Waals surface area contributed by atoms with Crippen LogP contribution in [0.2, 0.25) is 0 Å². The van der Waals surface area contributed by atoms with E-state index in [-0.39, 0.29) is 5.76 Å². The van der Waals surface area contributed by atoms with Gasteiger partial charge in [-0.2, -0.15) is 0 Å². The van der Waals surface area contributed by atoms with E-state index in [1.54, 1.807) is 6.92 Å². The first kappa shape index (κ1) is 7.78. The highest BCUT2D eigenvalue weighted by Crippen LogP contribution is 2.09. The maximum atomic E-state index is 10.7. The minimum atomic E-state index is -0.553. The van der Waals surface area contributed by atoms with Crippen molar-refractivity contribution in [2.24, 2.45) is 5.73 Å². The summed E-state index contributed by atoms with van der Waals surface area (Å²) < 4.78 is 4.98. The highest BCUT2D eigenvalue weighted by Gasteiger charge is 2.13. The average Bonchev–Trinajstić information content (AvgIpc) is 2.30. The number of hydrogen-bond acceptors (Lipinski definition) is 3. The molecule has 4 nitrogen and oxygen atoms in total. The Balaban J connectivity index is 3.12. The number of aryl methyl sites for hydroxylation is 2. The lowest BCUT2D eigenvalue weighted by molar-refractivity contribution is 0.0971. The molecule has 60 valence electrons. The second kappa shape index (κ2) is 2.74. The van der Waals surface area contributed by atoms with E-state index >= 15 is 0 Å². The van der Waals surface area contributed by atoms with Crippen LogP contribution in [-0.4, -0.2) is 10.9 Å². The zero-order chi connectivity index (χ0) is 8.43. The van der Waals surface area contributed by atoms with Crippen molar-refractivity contribution < 1.29 is 9.21 Å². The van der Waals surface area contributed by atoms with Crippen molar-refractivity contribution in [2.75, 3.05) is 0 Å². The summed E-state index contributed by atoms with van der Waals surface area (Å²) in [6, 6.07) is 0. The number of nitrogens with two attached hydrogens (primary N) is 1. The number of amides is 1. The molecule has 1 rings (SSSR count). The Morgan fingerprint density at radius 2 is 2.36 bits per heavy atom. The molecule has 0 unspecified atom stereocenters. The number of aromatic nitrogens is 1. The van der Waals surface area contributed by atoms with Crippen LogP contribution >= 0.6 is 0 Å². The third-order valence-electron chi connectivity index (χ3n) is 1.36. The fourth-order valence-electron chi connectivity index (χ4n) is 0.902. The minimum absolute atomic E-state index is 0.185. The molecule has 0 atom stereocenters. The molecular formula is C7H10N2O2. The summed E-state index contributed by atoms with van der Waals surface area (Å²) in [5.41, 5.74) is 5.67. The van der Waals surface area contributed by atoms with Crippen molar-refractivity contribution in [1.82, 2.24) is 4.98 Å². The lowest BCUT2D eigenvalue weighted by Crippen LogP contribution is -2.11. The van der Waals surface area contributed by atoms with E-state index in [0.29, 0.717) is 18.0 Å². The second-order valence-electron chi connectivity index (χ2n) is 2.23. The van der Waals surface area contributed by atoms with Gasteiger partial charge < -0.3 is 10.2 Å². The van der Waals surface area contributed by atoms with Gasteiger partial charge >= 0.3 is 0 Å². The van der Waals surface area contributed by atoms with Crippen molar-refractivity contribution in [1.29, 1.82) is 0 Å². The van der Waals surface area contributed by atoms with Gasteiger partial charge in [-0.15, -0.1) is 0 Å². The number of carbonyl (C=O) groups excluding carboxylic acids is 1. The molecule has 1 aromatic heterocycles. The fourth-order valence-corrected chi connectivity index (χ4v) is 0.902. The lowest BCUT2D eigenvalue weighted by Gasteiger charge is -1.89. The average molecular weight is 154 g/mol. The standard InChI is InChI=1S/C7H10N2O2/c1-3-5-6(7(8)10)11-4(2)9-5/h3H2,1-2H3,(H2,8,10). The van der Waals surface area contributed by atoms with Gasteiger partial charge in [-0.1, -0.05) is 6.92 Å². The number of hydrogen-bond donors (Lipinski definition) is 1. The van der Waals surface area contributed by atoms with Crippen LogP contribution in [0.4, 0.5) is 0 Å². The van der Waals surface area contributed by atoms with Crippen LogP contribution in [0.15, 0.2) is 4.42 Å². The zero-order valence-corrected chi connectivity index (χ0v) is 6.55. The zero-order valence-electron chi connectivity index (χ0n) is 6.55. The summed E-state index contributed by atoms with van der Waals surface area (Å²) >= 11 is 0. The molecule has 0 aliphatic rings. The number of carbonyl (C=O) groups is 1. The summed E-state index contributed by atoms with van der Waals surface area (Å²) in [6.45, 7) is 3.58. The van der Waals surface area contributed by atoms with Gasteiger partial charge in [-0.25, -0.2) is 4.98 Å². The highest BCUT2D eigenvalue weighted by molar-refractivity contribution is 5.90. The first-order valence-electron chi connectivity index (χ1n) is 3.41. The van der Waals surface area contributed by atoms with E-state index in [9.17, 15) is 4.79 Å². The van der Waals surface area contributed by atoms with E-state index in [4.69, 9.17) is 10.2 Å². The molecule has 1 heterocycles. The van der Waals surface area contributed by atoms with Crippen molar-refractivity contribution in [3.8, 4) is 0 Å². The quantitative estimate of drug-likeness (QED) is 0.679. The number of nitrogens with zero attached hydrogens (tertiary/aromatic N) is 1. The Labute approximate surface area is 64.4 Å². The van der Waals surface area contributed by atoms with Gasteiger partial charge in [0.25, 0.3) is 5.91 Å². The van der Waals surface area contributed by atoms with E-state index in [0.717, 1.165) is 0 Å². The minimum Gasteiger partial charge on any atom is -0.436 e. The molecule has 0 fully saturated rings. The van der Waals surface area contributed by atoms with E-state index in [1.165, 1.54) is 0 Å². The lowest BCUT2D eigenvalue weighted by atomic mass is 10.3.